The van der Waals surface area contributed by atoms with Crippen LogP contribution in [0, 0.1) is 11.8 Å². The molecular formula is C20H29N3O4. The Kier molecular flexibility index (Phi) is 7.21. The maximum absolute atomic E-state index is 12.3. The number of hydrogen-bond acceptors (Lipinski definition) is 6. The summed E-state index contributed by atoms with van der Waals surface area (Å²) < 4.78 is 16.1. The number of carbonyl (C=O) groups is 1. The Morgan fingerprint density at radius 1 is 1.19 bits per heavy atom. The van der Waals surface area contributed by atoms with Gasteiger partial charge in [-0.25, -0.2) is 0 Å². The lowest BCUT2D eigenvalue weighted by molar-refractivity contribution is -0.123. The van der Waals surface area contributed by atoms with E-state index in [1.807, 2.05) is 19.9 Å². The summed E-state index contributed by atoms with van der Waals surface area (Å²) in [5.41, 5.74) is 0.749. The number of nitrogens with zero attached hydrogens (tertiary/aromatic N) is 2. The van der Waals surface area contributed by atoms with Gasteiger partial charge in [0, 0.05) is 12.0 Å². The van der Waals surface area contributed by atoms with Crippen LogP contribution in [0.4, 0.5) is 0 Å². The molecule has 1 amide bonds. The van der Waals surface area contributed by atoms with E-state index in [1.165, 1.54) is 0 Å². The minimum absolute atomic E-state index is 0.0128. The summed E-state index contributed by atoms with van der Waals surface area (Å²) in [7, 11) is 3.16. The average molecular weight is 375 g/mol. The van der Waals surface area contributed by atoms with Crippen LogP contribution in [0.15, 0.2) is 22.7 Å². The Balaban J connectivity index is 2.28. The van der Waals surface area contributed by atoms with Crippen LogP contribution in [-0.2, 0) is 4.79 Å². The molecule has 1 N–H and O–H groups in total. The summed E-state index contributed by atoms with van der Waals surface area (Å²) in [6, 6.07) is 5.11. The highest BCUT2D eigenvalue weighted by atomic mass is 16.5. The third-order valence-corrected chi connectivity index (χ3v) is 4.47. The van der Waals surface area contributed by atoms with Gasteiger partial charge in [0.15, 0.2) is 11.5 Å². The Bertz CT molecular complexity index is 757. The summed E-state index contributed by atoms with van der Waals surface area (Å²) in [5.74, 6) is 2.51. The van der Waals surface area contributed by atoms with Gasteiger partial charge in [-0.2, -0.15) is 4.98 Å². The quantitative estimate of drug-likeness (QED) is 0.713. The van der Waals surface area contributed by atoms with Crippen molar-refractivity contribution in [2.24, 2.45) is 11.8 Å². The highest BCUT2D eigenvalue weighted by Gasteiger charge is 2.26. The van der Waals surface area contributed by atoms with Gasteiger partial charge >= 0.3 is 0 Å². The molecule has 7 heteroatoms. The van der Waals surface area contributed by atoms with Gasteiger partial charge in [0.05, 0.1) is 14.2 Å². The second-order valence-corrected chi connectivity index (χ2v) is 7.05. The van der Waals surface area contributed by atoms with Crippen molar-refractivity contribution < 1.29 is 18.8 Å². The molecule has 0 aliphatic heterocycles. The number of carbonyl (C=O) groups excluding carboxylic acids is 1. The predicted octanol–water partition coefficient (Wildman–Crippen LogP) is 4.00. The number of benzene rings is 1. The lowest BCUT2D eigenvalue weighted by Gasteiger charge is -2.21. The minimum Gasteiger partial charge on any atom is -0.493 e. The van der Waals surface area contributed by atoms with E-state index in [0.717, 1.165) is 12.0 Å². The molecule has 2 aromatic rings. The van der Waals surface area contributed by atoms with E-state index < -0.39 is 0 Å². The monoisotopic (exact) mass is 375 g/mol. The van der Waals surface area contributed by atoms with Gasteiger partial charge in [-0.1, -0.05) is 39.3 Å². The highest BCUT2D eigenvalue weighted by molar-refractivity contribution is 5.76. The van der Waals surface area contributed by atoms with E-state index >= 15 is 0 Å². The zero-order chi connectivity index (χ0) is 20.0. The lowest BCUT2D eigenvalue weighted by Crippen LogP contribution is -2.33. The third kappa shape index (κ3) is 5.21. The molecule has 0 bridgehead atoms. The van der Waals surface area contributed by atoms with Gasteiger partial charge in [0.25, 0.3) is 0 Å². The zero-order valence-electron chi connectivity index (χ0n) is 16.9. The van der Waals surface area contributed by atoms with Crippen molar-refractivity contribution in [1.29, 1.82) is 0 Å². The van der Waals surface area contributed by atoms with E-state index in [1.54, 1.807) is 26.4 Å². The first-order valence-corrected chi connectivity index (χ1v) is 9.24. The second kappa shape index (κ2) is 9.39. The first-order valence-electron chi connectivity index (χ1n) is 9.24. The van der Waals surface area contributed by atoms with Crippen molar-refractivity contribution in [3.05, 3.63) is 24.1 Å². The minimum atomic E-state index is -0.317. The Morgan fingerprint density at radius 2 is 1.89 bits per heavy atom. The molecule has 0 saturated heterocycles. The van der Waals surface area contributed by atoms with Crippen LogP contribution in [0.3, 0.4) is 0 Å². The van der Waals surface area contributed by atoms with E-state index in [-0.39, 0.29) is 23.8 Å². The zero-order valence-corrected chi connectivity index (χ0v) is 16.9. The summed E-state index contributed by atoms with van der Waals surface area (Å²) in [6.07, 6.45) is 1.34. The predicted molar refractivity (Wildman–Crippen MR) is 103 cm³/mol. The molecule has 27 heavy (non-hydrogen) atoms. The standard InChI is InChI=1S/C20H29N3O4/c1-7-13(4)18(21-17(24)10-12(2)3)20-22-19(23-27-20)14-8-9-15(25-5)16(11-14)26-6/h8-9,11-13,18H,7,10H2,1-6H3,(H,21,24)/t13-,18+/m1/s1. The number of hydrogen-bond donors (Lipinski definition) is 1. The molecule has 0 aliphatic carbocycles. The van der Waals surface area contributed by atoms with Crippen LogP contribution in [0.25, 0.3) is 11.4 Å². The van der Waals surface area contributed by atoms with Crippen LogP contribution in [0.2, 0.25) is 0 Å². The Labute approximate surface area is 160 Å². The molecule has 7 nitrogen and oxygen atoms in total. The van der Waals surface area contributed by atoms with E-state index in [0.29, 0.717) is 29.6 Å². The number of rotatable bonds is 9. The summed E-state index contributed by atoms with van der Waals surface area (Å²) in [5, 5.41) is 7.13. The second-order valence-electron chi connectivity index (χ2n) is 7.05. The van der Waals surface area contributed by atoms with E-state index in [2.05, 4.69) is 29.3 Å². The van der Waals surface area contributed by atoms with Crippen LogP contribution in [0.5, 0.6) is 11.5 Å². The van der Waals surface area contributed by atoms with E-state index in [9.17, 15) is 4.79 Å². The highest BCUT2D eigenvalue weighted by Crippen LogP contribution is 2.32. The first-order chi connectivity index (χ1) is 12.9. The molecule has 0 saturated carbocycles. The van der Waals surface area contributed by atoms with Crippen molar-refractivity contribution in [2.75, 3.05) is 14.2 Å². The molecule has 0 aliphatic rings. The van der Waals surface area contributed by atoms with Gasteiger partial charge in [-0.15, -0.1) is 0 Å². The summed E-state index contributed by atoms with van der Waals surface area (Å²) in [4.78, 5) is 16.8. The van der Waals surface area contributed by atoms with Crippen LogP contribution in [-0.4, -0.2) is 30.3 Å². The number of nitrogens with one attached hydrogen (secondary N) is 1. The normalized spacial score (nSPS) is 13.3. The Hall–Kier alpha value is -2.57. The van der Waals surface area contributed by atoms with Gasteiger partial charge in [-0.05, 0) is 30.0 Å². The molecule has 1 heterocycles. The van der Waals surface area contributed by atoms with Crippen molar-refractivity contribution in [1.82, 2.24) is 15.5 Å². The fourth-order valence-electron chi connectivity index (χ4n) is 2.74. The smallest absolute Gasteiger partial charge is 0.249 e. The number of amides is 1. The van der Waals surface area contributed by atoms with Crippen LogP contribution >= 0.6 is 0 Å². The summed E-state index contributed by atoms with van der Waals surface area (Å²) >= 11 is 0. The molecule has 0 unspecified atom stereocenters. The first kappa shape index (κ1) is 20.7. The largest absolute Gasteiger partial charge is 0.493 e. The molecule has 2 rings (SSSR count). The molecule has 2 atom stereocenters. The van der Waals surface area contributed by atoms with Crippen LogP contribution in [0.1, 0.15) is 52.5 Å². The number of methoxy groups -OCH3 is 2. The van der Waals surface area contributed by atoms with E-state index in [4.69, 9.17) is 14.0 Å². The van der Waals surface area contributed by atoms with Crippen molar-refractivity contribution >= 4 is 5.91 Å². The maximum atomic E-state index is 12.3. The molecule has 0 radical (unpaired) electrons. The van der Waals surface area contributed by atoms with Crippen molar-refractivity contribution in [3.8, 4) is 22.9 Å². The van der Waals surface area contributed by atoms with Gasteiger partial charge in [0.1, 0.15) is 6.04 Å². The van der Waals surface area contributed by atoms with Gasteiger partial charge in [0.2, 0.25) is 17.6 Å². The maximum Gasteiger partial charge on any atom is 0.249 e. The van der Waals surface area contributed by atoms with Gasteiger partial charge < -0.3 is 19.3 Å². The molecule has 1 aromatic carbocycles. The van der Waals surface area contributed by atoms with Crippen molar-refractivity contribution in [3.63, 3.8) is 0 Å². The number of ether oxygens (including phenoxy) is 2. The van der Waals surface area contributed by atoms with Crippen LogP contribution < -0.4 is 14.8 Å². The number of aromatic nitrogens is 2. The molecule has 1 aromatic heterocycles. The molecule has 0 spiro atoms. The van der Waals surface area contributed by atoms with Crippen molar-refractivity contribution in [2.45, 2.75) is 46.6 Å². The van der Waals surface area contributed by atoms with Gasteiger partial charge in [-0.3, -0.25) is 4.79 Å². The third-order valence-electron chi connectivity index (χ3n) is 4.47. The average Bonchev–Trinajstić information content (AvgIpc) is 3.14. The lowest BCUT2D eigenvalue weighted by atomic mass is 9.98. The fourth-order valence-corrected chi connectivity index (χ4v) is 2.74. The topological polar surface area (TPSA) is 86.5 Å². The Morgan fingerprint density at radius 3 is 2.48 bits per heavy atom. The molecule has 148 valence electrons. The summed E-state index contributed by atoms with van der Waals surface area (Å²) in [6.45, 7) is 8.15. The molecular weight excluding hydrogens is 346 g/mol. The molecule has 0 fully saturated rings. The fraction of sp³-hybridized carbons (Fsp3) is 0.550. The SMILES string of the molecule is CC[C@@H](C)[C@H](NC(=O)CC(C)C)c1nc(-c2ccc(OC)c(OC)c2)no1.